The second kappa shape index (κ2) is 5.82. The molecule has 2 N–H and O–H groups in total. The number of carbonyl (C=O) groups excluding carboxylic acids is 1. The second-order valence-electron chi connectivity index (χ2n) is 5.24. The molecule has 0 saturated carbocycles. The molecule has 4 heteroatoms. The molecular weight excluding hydrogens is 280 g/mol. The fourth-order valence-electron chi connectivity index (χ4n) is 2.59. The van der Waals surface area contributed by atoms with E-state index in [1.54, 1.807) is 11.8 Å². The number of aryl methyl sites for hydroxylation is 1. The predicted molar refractivity (Wildman–Crippen MR) is 88.8 cm³/mol. The van der Waals surface area contributed by atoms with Crippen LogP contribution in [0.25, 0.3) is 0 Å². The third-order valence-electron chi connectivity index (χ3n) is 3.75. The molecule has 1 amide bonds. The molecule has 3 rings (SSSR count). The summed E-state index contributed by atoms with van der Waals surface area (Å²) in [6.07, 6.45) is 0.948. The first kappa shape index (κ1) is 14.0. The van der Waals surface area contributed by atoms with E-state index in [1.807, 2.05) is 48.2 Å². The number of hydrogen-bond donors (Lipinski definition) is 1. The zero-order valence-corrected chi connectivity index (χ0v) is 12.8. The Kier molecular flexibility index (Phi) is 3.88. The number of carbonyl (C=O) groups is 1. The van der Waals surface area contributed by atoms with Gasteiger partial charge in [0.05, 0.1) is 5.75 Å². The smallest absolute Gasteiger partial charge is 0.237 e. The van der Waals surface area contributed by atoms with Crippen LogP contribution in [0.15, 0.2) is 47.4 Å². The molecule has 2 aromatic rings. The van der Waals surface area contributed by atoms with Crippen molar-refractivity contribution in [1.29, 1.82) is 0 Å². The van der Waals surface area contributed by atoms with Crippen LogP contribution < -0.4 is 10.6 Å². The Morgan fingerprint density at radius 3 is 2.95 bits per heavy atom. The quantitative estimate of drug-likeness (QED) is 0.699. The summed E-state index contributed by atoms with van der Waals surface area (Å²) in [5, 5.41) is 0. The van der Waals surface area contributed by atoms with Crippen LogP contribution in [0.4, 0.5) is 11.4 Å². The van der Waals surface area contributed by atoms with Crippen LogP contribution in [0.3, 0.4) is 0 Å². The Morgan fingerprint density at radius 2 is 2.10 bits per heavy atom. The van der Waals surface area contributed by atoms with Crippen molar-refractivity contribution in [2.75, 3.05) is 22.9 Å². The fourth-order valence-corrected chi connectivity index (χ4v) is 3.54. The highest BCUT2D eigenvalue weighted by atomic mass is 32.2. The molecule has 0 radical (unpaired) electrons. The molecular formula is C17H18N2OS. The lowest BCUT2D eigenvalue weighted by atomic mass is 10.2. The van der Waals surface area contributed by atoms with Crippen LogP contribution in [-0.2, 0) is 11.2 Å². The van der Waals surface area contributed by atoms with Crippen LogP contribution in [0, 0.1) is 6.92 Å². The van der Waals surface area contributed by atoms with E-state index in [9.17, 15) is 4.79 Å². The maximum Gasteiger partial charge on any atom is 0.237 e. The number of nitrogens with zero attached hydrogens (tertiary/aromatic N) is 1. The van der Waals surface area contributed by atoms with Gasteiger partial charge < -0.3 is 10.6 Å². The van der Waals surface area contributed by atoms with Gasteiger partial charge in [-0.15, -0.1) is 11.8 Å². The number of nitrogen functional groups attached to an aromatic ring is 1. The van der Waals surface area contributed by atoms with Crippen molar-refractivity contribution < 1.29 is 4.79 Å². The van der Waals surface area contributed by atoms with Gasteiger partial charge in [0.25, 0.3) is 0 Å². The molecule has 108 valence electrons. The minimum Gasteiger partial charge on any atom is -0.399 e. The van der Waals surface area contributed by atoms with Crippen LogP contribution in [0.1, 0.15) is 11.1 Å². The molecule has 0 spiro atoms. The van der Waals surface area contributed by atoms with E-state index in [4.69, 9.17) is 5.73 Å². The number of anilines is 2. The molecule has 0 atom stereocenters. The van der Waals surface area contributed by atoms with Crippen molar-refractivity contribution in [3.8, 4) is 0 Å². The number of para-hydroxylation sites is 1. The standard InChI is InChI=1S/C17H18N2OS/c1-12-6-7-14(18)10-16(12)21-11-17(20)19-9-8-13-4-2-3-5-15(13)19/h2-7,10H,8-9,11,18H2,1H3. The summed E-state index contributed by atoms with van der Waals surface area (Å²) in [7, 11) is 0. The molecule has 3 nitrogen and oxygen atoms in total. The topological polar surface area (TPSA) is 46.3 Å². The normalized spacial score (nSPS) is 13.3. The van der Waals surface area contributed by atoms with Gasteiger partial charge in [0.15, 0.2) is 0 Å². The van der Waals surface area contributed by atoms with Gasteiger partial charge in [-0.3, -0.25) is 4.79 Å². The molecule has 0 bridgehead atoms. The van der Waals surface area contributed by atoms with E-state index >= 15 is 0 Å². The molecule has 0 aromatic heterocycles. The number of nitrogens with two attached hydrogens (primary N) is 1. The van der Waals surface area contributed by atoms with Gasteiger partial charge in [0.2, 0.25) is 5.91 Å². The SMILES string of the molecule is Cc1ccc(N)cc1SCC(=O)N1CCc2ccccc21. The molecule has 1 aliphatic heterocycles. The Labute approximate surface area is 129 Å². The van der Waals surface area contributed by atoms with Crippen LogP contribution in [0.2, 0.25) is 0 Å². The minimum atomic E-state index is 0.159. The minimum absolute atomic E-state index is 0.159. The highest BCUT2D eigenvalue weighted by Crippen LogP contribution is 2.30. The lowest BCUT2D eigenvalue weighted by molar-refractivity contribution is -0.116. The lowest BCUT2D eigenvalue weighted by Gasteiger charge is -2.17. The second-order valence-corrected chi connectivity index (χ2v) is 6.25. The van der Waals surface area contributed by atoms with Gasteiger partial charge in [0.1, 0.15) is 0 Å². The van der Waals surface area contributed by atoms with E-state index in [2.05, 4.69) is 6.07 Å². The number of fused-ring (bicyclic) bond motifs is 1. The van der Waals surface area contributed by atoms with Crippen LogP contribution in [-0.4, -0.2) is 18.2 Å². The van der Waals surface area contributed by atoms with Crippen LogP contribution in [0.5, 0.6) is 0 Å². The van der Waals surface area contributed by atoms with Crippen LogP contribution >= 0.6 is 11.8 Å². The number of amides is 1. The maximum absolute atomic E-state index is 12.5. The highest BCUT2D eigenvalue weighted by molar-refractivity contribution is 8.00. The summed E-state index contributed by atoms with van der Waals surface area (Å²) in [4.78, 5) is 15.4. The molecule has 0 fully saturated rings. The highest BCUT2D eigenvalue weighted by Gasteiger charge is 2.23. The molecule has 2 aromatic carbocycles. The van der Waals surface area contributed by atoms with Crippen molar-refractivity contribution in [2.24, 2.45) is 0 Å². The number of benzene rings is 2. The zero-order valence-electron chi connectivity index (χ0n) is 12.0. The summed E-state index contributed by atoms with van der Waals surface area (Å²) < 4.78 is 0. The van der Waals surface area contributed by atoms with E-state index < -0.39 is 0 Å². The zero-order chi connectivity index (χ0) is 14.8. The fraction of sp³-hybridized carbons (Fsp3) is 0.235. The average molecular weight is 298 g/mol. The number of rotatable bonds is 3. The van der Waals surface area contributed by atoms with Gasteiger partial charge in [-0.1, -0.05) is 24.3 Å². The molecule has 0 aliphatic carbocycles. The summed E-state index contributed by atoms with van der Waals surface area (Å²) in [5.41, 5.74) is 10.0. The van der Waals surface area contributed by atoms with Crippen molar-refractivity contribution in [1.82, 2.24) is 0 Å². The first-order valence-corrected chi connectivity index (χ1v) is 8.01. The summed E-state index contributed by atoms with van der Waals surface area (Å²) >= 11 is 1.56. The number of thioether (sulfide) groups is 1. The van der Waals surface area contributed by atoms with Crippen molar-refractivity contribution in [3.63, 3.8) is 0 Å². The summed E-state index contributed by atoms with van der Waals surface area (Å²) in [6, 6.07) is 13.9. The Morgan fingerprint density at radius 1 is 1.29 bits per heavy atom. The van der Waals surface area contributed by atoms with Gasteiger partial charge in [-0.2, -0.15) is 0 Å². The summed E-state index contributed by atoms with van der Waals surface area (Å²) in [6.45, 7) is 2.83. The number of hydrogen-bond acceptors (Lipinski definition) is 3. The van der Waals surface area contributed by atoms with Gasteiger partial charge in [-0.05, 0) is 42.7 Å². The summed E-state index contributed by atoms with van der Waals surface area (Å²) in [5.74, 6) is 0.602. The molecule has 21 heavy (non-hydrogen) atoms. The first-order chi connectivity index (χ1) is 10.1. The predicted octanol–water partition coefficient (Wildman–Crippen LogP) is 3.26. The Hall–Kier alpha value is -1.94. The third kappa shape index (κ3) is 2.90. The van der Waals surface area contributed by atoms with Gasteiger partial charge >= 0.3 is 0 Å². The van der Waals surface area contributed by atoms with E-state index in [1.165, 1.54) is 5.56 Å². The average Bonchev–Trinajstić information content (AvgIpc) is 2.92. The molecule has 1 heterocycles. The van der Waals surface area contributed by atoms with E-state index in [0.717, 1.165) is 34.8 Å². The van der Waals surface area contributed by atoms with Gasteiger partial charge in [0, 0.05) is 22.8 Å². The maximum atomic E-state index is 12.5. The first-order valence-electron chi connectivity index (χ1n) is 7.02. The van der Waals surface area contributed by atoms with Gasteiger partial charge in [-0.25, -0.2) is 0 Å². The van der Waals surface area contributed by atoms with Crippen molar-refractivity contribution >= 4 is 29.0 Å². The van der Waals surface area contributed by atoms with Crippen molar-refractivity contribution in [2.45, 2.75) is 18.2 Å². The Bertz CT molecular complexity index is 684. The molecule has 0 unspecified atom stereocenters. The molecule has 0 saturated heterocycles. The monoisotopic (exact) mass is 298 g/mol. The third-order valence-corrected chi connectivity index (χ3v) is 4.89. The lowest BCUT2D eigenvalue weighted by Crippen LogP contribution is -2.30. The Balaban J connectivity index is 1.69. The largest absolute Gasteiger partial charge is 0.399 e. The van der Waals surface area contributed by atoms with E-state index in [-0.39, 0.29) is 5.91 Å². The van der Waals surface area contributed by atoms with Crippen molar-refractivity contribution in [3.05, 3.63) is 53.6 Å². The molecule has 1 aliphatic rings. The van der Waals surface area contributed by atoms with E-state index in [0.29, 0.717) is 5.75 Å².